The largest absolute Gasteiger partial charge is 0.444 e. The highest BCUT2D eigenvalue weighted by atomic mass is 127. The van der Waals surface area contributed by atoms with E-state index in [0.29, 0.717) is 19.0 Å². The predicted molar refractivity (Wildman–Crippen MR) is 109 cm³/mol. The normalized spacial score (nSPS) is 11.1. The molecule has 0 atom stereocenters. The minimum absolute atomic E-state index is 0. The molecule has 0 fully saturated rings. The van der Waals surface area contributed by atoms with E-state index in [4.69, 9.17) is 16.0 Å². The van der Waals surface area contributed by atoms with Crippen molar-refractivity contribution in [3.05, 3.63) is 52.2 Å². The van der Waals surface area contributed by atoms with Crippen LogP contribution in [0, 0.1) is 13.8 Å². The van der Waals surface area contributed by atoms with E-state index < -0.39 is 0 Å². The Morgan fingerprint density at radius 2 is 2.04 bits per heavy atom. The van der Waals surface area contributed by atoms with Crippen LogP contribution in [0.1, 0.15) is 29.8 Å². The second-order valence-corrected chi connectivity index (χ2v) is 5.77. The van der Waals surface area contributed by atoms with E-state index >= 15 is 0 Å². The Balaban J connectivity index is 0.00000288. The van der Waals surface area contributed by atoms with Gasteiger partial charge in [-0.2, -0.15) is 0 Å². The average molecular weight is 463 g/mol. The number of aliphatic imine (C=N–C) groups is 1. The molecule has 1 N–H and O–H groups in total. The van der Waals surface area contributed by atoms with E-state index in [-0.39, 0.29) is 24.0 Å². The molecule has 0 unspecified atom stereocenters. The van der Waals surface area contributed by atoms with Crippen LogP contribution < -0.4 is 5.32 Å². The van der Waals surface area contributed by atoms with Gasteiger partial charge in [-0.15, -0.1) is 24.0 Å². The van der Waals surface area contributed by atoms with Crippen LogP contribution in [0.3, 0.4) is 0 Å². The summed E-state index contributed by atoms with van der Waals surface area (Å²) >= 11 is 6.23. The fourth-order valence-corrected chi connectivity index (χ4v) is 2.37. The van der Waals surface area contributed by atoms with E-state index in [9.17, 15) is 0 Å². The lowest BCUT2D eigenvalue weighted by Crippen LogP contribution is -2.38. The van der Waals surface area contributed by atoms with Crippen molar-refractivity contribution >= 4 is 41.5 Å². The summed E-state index contributed by atoms with van der Waals surface area (Å²) in [6.45, 7) is 7.75. The van der Waals surface area contributed by atoms with Crippen LogP contribution in [-0.4, -0.2) is 29.4 Å². The van der Waals surface area contributed by atoms with Gasteiger partial charge in [0.15, 0.2) is 5.96 Å². The molecule has 2 rings (SSSR count). The van der Waals surface area contributed by atoms with Gasteiger partial charge in [-0.1, -0.05) is 29.8 Å². The maximum absolute atomic E-state index is 6.23. The molecule has 5 nitrogen and oxygen atoms in total. The number of benzene rings is 1. The number of aryl methyl sites for hydroxylation is 2. The fourth-order valence-electron chi connectivity index (χ4n) is 2.18. The van der Waals surface area contributed by atoms with Gasteiger partial charge in [-0.05, 0) is 32.4 Å². The summed E-state index contributed by atoms with van der Waals surface area (Å²) in [6, 6.07) is 7.83. The topological polar surface area (TPSA) is 53.7 Å². The average Bonchev–Trinajstić information content (AvgIpc) is 2.84. The molecule has 0 aliphatic rings. The maximum Gasteiger partial charge on any atom is 0.216 e. The highest BCUT2D eigenvalue weighted by Gasteiger charge is 2.10. The fraction of sp³-hybridized carbons (Fsp3) is 0.412. The number of aromatic nitrogens is 1. The molecular formula is C17H24ClIN4O. The van der Waals surface area contributed by atoms with Crippen molar-refractivity contribution in [2.75, 3.05) is 13.6 Å². The Kier molecular flexibility index (Phi) is 8.55. The molecule has 0 saturated heterocycles. The number of oxazole rings is 1. The van der Waals surface area contributed by atoms with Gasteiger partial charge in [-0.3, -0.25) is 0 Å². The van der Waals surface area contributed by atoms with Gasteiger partial charge in [-0.25, -0.2) is 9.98 Å². The molecule has 0 aliphatic heterocycles. The predicted octanol–water partition coefficient (Wildman–Crippen LogP) is 4.16. The molecule has 0 bridgehead atoms. The van der Waals surface area contributed by atoms with Crippen molar-refractivity contribution in [2.24, 2.45) is 4.99 Å². The monoisotopic (exact) mass is 462 g/mol. The summed E-state index contributed by atoms with van der Waals surface area (Å²) in [6.07, 6.45) is 0. The van der Waals surface area contributed by atoms with E-state index in [0.717, 1.165) is 34.5 Å². The Hall–Kier alpha value is -1.28. The van der Waals surface area contributed by atoms with Crippen LogP contribution >= 0.6 is 35.6 Å². The first-order chi connectivity index (χ1) is 11.0. The van der Waals surface area contributed by atoms with Crippen molar-refractivity contribution in [3.63, 3.8) is 0 Å². The first kappa shape index (κ1) is 20.8. The molecule has 1 heterocycles. The molecule has 1 aromatic heterocycles. The Morgan fingerprint density at radius 3 is 2.62 bits per heavy atom. The van der Waals surface area contributed by atoms with Crippen molar-refractivity contribution in [2.45, 2.75) is 33.9 Å². The molecule has 0 spiro atoms. The summed E-state index contributed by atoms with van der Waals surface area (Å²) in [5, 5.41) is 4.04. The van der Waals surface area contributed by atoms with Crippen LogP contribution in [-0.2, 0) is 13.1 Å². The van der Waals surface area contributed by atoms with E-state index in [1.165, 1.54) is 0 Å². The molecule has 132 valence electrons. The molecule has 24 heavy (non-hydrogen) atoms. The molecule has 1 aromatic carbocycles. The molecular weight excluding hydrogens is 439 g/mol. The summed E-state index contributed by atoms with van der Waals surface area (Å²) < 4.78 is 5.57. The van der Waals surface area contributed by atoms with Gasteiger partial charge in [0.2, 0.25) is 5.89 Å². The minimum Gasteiger partial charge on any atom is -0.444 e. The minimum atomic E-state index is 0. The first-order valence-electron chi connectivity index (χ1n) is 7.67. The molecule has 0 saturated carbocycles. The van der Waals surface area contributed by atoms with Crippen LogP contribution in [0.5, 0.6) is 0 Å². The van der Waals surface area contributed by atoms with E-state index in [2.05, 4.69) is 15.3 Å². The van der Waals surface area contributed by atoms with Crippen LogP contribution in [0.25, 0.3) is 0 Å². The molecule has 0 amide bonds. The van der Waals surface area contributed by atoms with Gasteiger partial charge in [0.05, 0.1) is 5.69 Å². The number of hydrogen-bond acceptors (Lipinski definition) is 3. The zero-order valence-electron chi connectivity index (χ0n) is 14.5. The van der Waals surface area contributed by atoms with Gasteiger partial charge < -0.3 is 14.6 Å². The maximum atomic E-state index is 6.23. The smallest absolute Gasteiger partial charge is 0.216 e. The number of hydrogen-bond donors (Lipinski definition) is 1. The van der Waals surface area contributed by atoms with Crippen molar-refractivity contribution in [1.82, 2.24) is 15.2 Å². The quantitative estimate of drug-likeness (QED) is 0.412. The third-order valence-corrected chi connectivity index (χ3v) is 3.87. The lowest BCUT2D eigenvalue weighted by molar-refractivity contribution is 0.458. The Morgan fingerprint density at radius 1 is 1.33 bits per heavy atom. The van der Waals surface area contributed by atoms with Gasteiger partial charge in [0, 0.05) is 25.2 Å². The van der Waals surface area contributed by atoms with Crippen LogP contribution in [0.4, 0.5) is 0 Å². The lowest BCUT2D eigenvalue weighted by Gasteiger charge is -2.22. The Labute approximate surface area is 165 Å². The van der Waals surface area contributed by atoms with Crippen molar-refractivity contribution < 1.29 is 4.42 Å². The van der Waals surface area contributed by atoms with Crippen LogP contribution in [0.2, 0.25) is 5.02 Å². The van der Waals surface area contributed by atoms with Crippen LogP contribution in [0.15, 0.2) is 33.7 Å². The first-order valence-corrected chi connectivity index (χ1v) is 8.04. The standard InChI is InChI=1S/C17H23ClN4O.HI/c1-5-19-17(20-10-16-21-12(2)13(3)23-16)22(4)11-14-8-6-7-9-15(14)18;/h6-9H,5,10-11H2,1-4H3,(H,19,20);1H. The number of nitrogens with one attached hydrogen (secondary N) is 1. The summed E-state index contributed by atoms with van der Waals surface area (Å²) in [4.78, 5) is 11.0. The van der Waals surface area contributed by atoms with Gasteiger partial charge >= 0.3 is 0 Å². The number of nitrogens with zero attached hydrogens (tertiary/aromatic N) is 3. The third kappa shape index (κ3) is 5.66. The van der Waals surface area contributed by atoms with Crippen molar-refractivity contribution in [1.29, 1.82) is 0 Å². The number of guanidine groups is 1. The summed E-state index contributed by atoms with van der Waals surface area (Å²) in [7, 11) is 1.98. The van der Waals surface area contributed by atoms with Gasteiger partial charge in [0.1, 0.15) is 12.3 Å². The highest BCUT2D eigenvalue weighted by Crippen LogP contribution is 2.16. The van der Waals surface area contributed by atoms with Gasteiger partial charge in [0.25, 0.3) is 0 Å². The molecule has 0 radical (unpaired) electrons. The molecule has 0 aliphatic carbocycles. The zero-order chi connectivity index (χ0) is 16.8. The highest BCUT2D eigenvalue weighted by molar-refractivity contribution is 14.0. The second-order valence-electron chi connectivity index (χ2n) is 5.37. The second kappa shape index (κ2) is 9.88. The van der Waals surface area contributed by atoms with Crippen molar-refractivity contribution in [3.8, 4) is 0 Å². The zero-order valence-corrected chi connectivity index (χ0v) is 17.6. The lowest BCUT2D eigenvalue weighted by atomic mass is 10.2. The van der Waals surface area contributed by atoms with E-state index in [1.807, 2.05) is 57.0 Å². The third-order valence-electron chi connectivity index (χ3n) is 3.50. The van der Waals surface area contributed by atoms with E-state index in [1.54, 1.807) is 0 Å². The Bertz CT molecular complexity index is 667. The number of halogens is 2. The SMILES string of the molecule is CCNC(=NCc1nc(C)c(C)o1)N(C)Cc1ccccc1Cl.I. The molecule has 2 aromatic rings. The summed E-state index contributed by atoms with van der Waals surface area (Å²) in [5.74, 6) is 2.26. The number of rotatable bonds is 5. The summed E-state index contributed by atoms with van der Waals surface area (Å²) in [5.41, 5.74) is 1.97. The molecule has 7 heteroatoms.